The first-order valence-electron chi connectivity index (χ1n) is 8.56. The van der Waals surface area contributed by atoms with Gasteiger partial charge in [-0.25, -0.2) is 0 Å². The average molecular weight is 381 g/mol. The van der Waals surface area contributed by atoms with E-state index in [0.29, 0.717) is 0 Å². The van der Waals surface area contributed by atoms with Crippen molar-refractivity contribution in [2.75, 3.05) is 0 Å². The minimum absolute atomic E-state index is 0.208. The van der Waals surface area contributed by atoms with Gasteiger partial charge in [0.05, 0.1) is 11.5 Å². The monoisotopic (exact) mass is 380 g/mol. The Balaban J connectivity index is 5.01. The van der Waals surface area contributed by atoms with Crippen LogP contribution in [0.25, 0.3) is 0 Å². The Hall–Kier alpha value is 0.748. The maximum atomic E-state index is 6.64. The summed E-state index contributed by atoms with van der Waals surface area (Å²) < 4.78 is 19.6. The van der Waals surface area contributed by atoms with Gasteiger partial charge in [0.25, 0.3) is 0 Å². The number of hydrogen-bond acceptors (Lipinski definition) is 3. The molecule has 0 heterocycles. The van der Waals surface area contributed by atoms with Gasteiger partial charge < -0.3 is 13.0 Å². The third kappa shape index (κ3) is 8.56. The minimum Gasteiger partial charge on any atom is -0.454 e. The summed E-state index contributed by atoms with van der Waals surface area (Å²) in [7, 11) is -6.82. The van der Waals surface area contributed by atoms with Crippen LogP contribution in [0.15, 0.2) is 0 Å². The van der Waals surface area contributed by atoms with E-state index in [2.05, 4.69) is 79.3 Å². The minimum atomic E-state index is -1.91. The predicted octanol–water partition coefficient (Wildman–Crippen LogP) is 5.36. The predicted molar refractivity (Wildman–Crippen MR) is 108 cm³/mol. The molecule has 3 nitrogen and oxygen atoms in total. The van der Waals surface area contributed by atoms with E-state index in [4.69, 9.17) is 13.0 Å². The third-order valence-corrected chi connectivity index (χ3v) is 14.8. The Morgan fingerprint density at radius 1 is 0.682 bits per heavy atom. The molecule has 134 valence electrons. The fourth-order valence-electron chi connectivity index (χ4n) is 2.69. The van der Waals surface area contributed by atoms with E-state index < -0.39 is 33.3 Å². The average Bonchev–Trinajstić information content (AvgIpc) is 2.20. The van der Waals surface area contributed by atoms with Crippen LogP contribution in [0.4, 0.5) is 0 Å². The summed E-state index contributed by atoms with van der Waals surface area (Å²) in [6, 6.07) is 0. The van der Waals surface area contributed by atoms with Gasteiger partial charge in [-0.2, -0.15) is 0 Å². The first-order chi connectivity index (χ1) is 9.50. The van der Waals surface area contributed by atoms with Gasteiger partial charge in [0.2, 0.25) is 16.6 Å². The summed E-state index contributed by atoms with van der Waals surface area (Å²) in [4.78, 5) is 0. The Morgan fingerprint density at radius 2 is 1.14 bits per heavy atom. The summed E-state index contributed by atoms with van der Waals surface area (Å²) in [6.45, 7) is 27.2. The second kappa shape index (κ2) is 7.75. The largest absolute Gasteiger partial charge is 0.454 e. The molecule has 2 atom stereocenters. The van der Waals surface area contributed by atoms with Crippen LogP contribution < -0.4 is 0 Å². The molecule has 0 fully saturated rings. The van der Waals surface area contributed by atoms with Crippen molar-refractivity contribution in [1.82, 2.24) is 0 Å². The van der Waals surface area contributed by atoms with Crippen molar-refractivity contribution in [1.29, 1.82) is 0 Å². The van der Waals surface area contributed by atoms with Crippen LogP contribution >= 0.6 is 0 Å². The summed E-state index contributed by atoms with van der Waals surface area (Å²) in [5, 5.41) is 0. The molecule has 0 spiro atoms. The summed E-state index contributed by atoms with van der Waals surface area (Å²) in [5.41, 5.74) is 0.485. The molecule has 2 unspecified atom stereocenters. The van der Waals surface area contributed by atoms with Gasteiger partial charge in [-0.15, -0.1) is 0 Å². The van der Waals surface area contributed by atoms with E-state index in [9.17, 15) is 0 Å². The molecule has 0 radical (unpaired) electrons. The van der Waals surface area contributed by atoms with Gasteiger partial charge in [0.15, 0.2) is 16.6 Å². The molecule has 0 amide bonds. The lowest BCUT2D eigenvalue weighted by Crippen LogP contribution is -2.58. The van der Waals surface area contributed by atoms with Crippen molar-refractivity contribution in [2.24, 2.45) is 0 Å². The van der Waals surface area contributed by atoms with Gasteiger partial charge in [0.1, 0.15) is 0 Å². The van der Waals surface area contributed by atoms with Crippen molar-refractivity contribution in [2.45, 2.75) is 97.2 Å². The Labute approximate surface area is 143 Å². The molecule has 0 aromatic heterocycles. The molecular weight excluding hydrogens is 341 g/mol. The van der Waals surface area contributed by atoms with Gasteiger partial charge in [-0.1, -0.05) is 6.92 Å². The van der Waals surface area contributed by atoms with Gasteiger partial charge in [-0.05, 0) is 78.8 Å². The third-order valence-electron chi connectivity index (χ3n) is 3.67. The maximum Gasteiger partial charge on any atom is 0.213 e. The van der Waals surface area contributed by atoms with Crippen LogP contribution in [0.5, 0.6) is 0 Å². The van der Waals surface area contributed by atoms with Crippen LogP contribution in [0.3, 0.4) is 0 Å². The molecule has 7 heteroatoms. The van der Waals surface area contributed by atoms with Crippen molar-refractivity contribution in [3.05, 3.63) is 0 Å². The zero-order valence-electron chi connectivity index (χ0n) is 17.1. The lowest BCUT2D eigenvalue weighted by Gasteiger charge is -2.42. The highest BCUT2D eigenvalue weighted by molar-refractivity contribution is 6.85. The molecule has 0 rings (SSSR count). The van der Waals surface area contributed by atoms with E-state index in [0.717, 1.165) is 6.42 Å². The van der Waals surface area contributed by atoms with Crippen molar-refractivity contribution in [3.8, 4) is 0 Å². The van der Waals surface area contributed by atoms with E-state index in [1.54, 1.807) is 0 Å². The van der Waals surface area contributed by atoms with Crippen molar-refractivity contribution >= 4 is 33.3 Å². The molecule has 0 aromatic rings. The van der Waals surface area contributed by atoms with Crippen LogP contribution in [0, 0.1) is 0 Å². The highest BCUT2D eigenvalue weighted by atomic mass is 28.4. The molecule has 0 aliphatic rings. The molecule has 0 N–H and O–H groups in total. The zero-order chi connectivity index (χ0) is 18.0. The fraction of sp³-hybridized carbons (Fsp3) is 1.00. The SMILES string of the molecule is CCC(O[Si](C)(C)C)[Si](C)(C)OC(C)[Si](C)(C)O[Si](C)(C)C. The molecule has 0 saturated heterocycles. The molecule has 0 saturated carbocycles. The molecule has 0 aromatic carbocycles. The summed E-state index contributed by atoms with van der Waals surface area (Å²) in [6.07, 6.45) is 1.03. The van der Waals surface area contributed by atoms with E-state index in [1.165, 1.54) is 0 Å². The van der Waals surface area contributed by atoms with Gasteiger partial charge in [-0.3, -0.25) is 0 Å². The Morgan fingerprint density at radius 3 is 1.45 bits per heavy atom. The van der Waals surface area contributed by atoms with Crippen LogP contribution in [-0.4, -0.2) is 44.7 Å². The number of rotatable bonds is 9. The first-order valence-corrected chi connectivity index (χ1v) is 21.3. The maximum absolute atomic E-state index is 6.64. The normalized spacial score (nSPS) is 17.5. The van der Waals surface area contributed by atoms with Crippen molar-refractivity contribution < 1.29 is 13.0 Å². The lowest BCUT2D eigenvalue weighted by atomic mass is 10.5. The quantitative estimate of drug-likeness (QED) is 0.504. The first kappa shape index (κ1) is 22.7. The molecule has 22 heavy (non-hydrogen) atoms. The molecule has 0 bridgehead atoms. The Kier molecular flexibility index (Phi) is 8.02. The van der Waals surface area contributed by atoms with E-state index in [1.807, 2.05) is 0 Å². The van der Waals surface area contributed by atoms with Crippen LogP contribution in [0.1, 0.15) is 20.3 Å². The van der Waals surface area contributed by atoms with Crippen LogP contribution in [-0.2, 0) is 13.0 Å². The van der Waals surface area contributed by atoms with E-state index in [-0.39, 0.29) is 11.5 Å². The zero-order valence-corrected chi connectivity index (χ0v) is 21.1. The van der Waals surface area contributed by atoms with Gasteiger partial charge in [0, 0.05) is 0 Å². The topological polar surface area (TPSA) is 27.7 Å². The second-order valence-corrected chi connectivity index (χ2v) is 26.9. The second-order valence-electron chi connectivity index (χ2n) is 9.31. The van der Waals surface area contributed by atoms with Gasteiger partial charge >= 0.3 is 0 Å². The smallest absolute Gasteiger partial charge is 0.213 e. The highest BCUT2D eigenvalue weighted by Crippen LogP contribution is 2.27. The molecular formula is C15H40O3Si4. The summed E-state index contributed by atoms with van der Waals surface area (Å²) in [5.74, 6) is 0. The summed E-state index contributed by atoms with van der Waals surface area (Å²) >= 11 is 0. The molecule has 0 aliphatic carbocycles. The fourth-order valence-corrected chi connectivity index (χ4v) is 17.0. The number of hydrogen-bond donors (Lipinski definition) is 0. The van der Waals surface area contributed by atoms with E-state index >= 15 is 0 Å². The molecule has 0 aliphatic heterocycles. The lowest BCUT2D eigenvalue weighted by molar-refractivity contribution is 0.185. The highest BCUT2D eigenvalue weighted by Gasteiger charge is 2.43. The Bertz CT molecular complexity index is 346. The van der Waals surface area contributed by atoms with Crippen LogP contribution in [0.2, 0.25) is 65.5 Å². The standard InChI is InChI=1S/C15H40O3Si4/c1-13-15(17-19(3,4)5)22(11,12)16-14(2)21(9,10)18-20(6,7)8/h14-15H,13H2,1-12H3. The van der Waals surface area contributed by atoms with Crippen molar-refractivity contribution in [3.63, 3.8) is 0 Å².